The molecular weight excluding hydrogens is 156 g/mol. The van der Waals surface area contributed by atoms with Crippen molar-refractivity contribution < 1.29 is 14.3 Å². The Kier molecular flexibility index (Phi) is 1.43. The number of furan rings is 1. The monoisotopic (exact) mass is 164 g/mol. The van der Waals surface area contributed by atoms with Crippen molar-refractivity contribution in [2.75, 3.05) is 7.11 Å². The Morgan fingerprint density at radius 2 is 2.25 bits per heavy atom. The molecule has 0 amide bonds. The van der Waals surface area contributed by atoms with Crippen LogP contribution in [0.15, 0.2) is 28.9 Å². The zero-order chi connectivity index (χ0) is 8.55. The Bertz CT molecular complexity index is 403. The first-order valence-electron chi connectivity index (χ1n) is 3.55. The van der Waals surface area contributed by atoms with Gasteiger partial charge in [0.25, 0.3) is 0 Å². The molecule has 0 fully saturated rings. The van der Waals surface area contributed by atoms with Gasteiger partial charge in [-0.15, -0.1) is 0 Å². The maximum absolute atomic E-state index is 9.40. The summed E-state index contributed by atoms with van der Waals surface area (Å²) in [6.07, 6.45) is 1.53. The summed E-state index contributed by atoms with van der Waals surface area (Å²) in [5.74, 6) is 0.732. The molecule has 1 aromatic carbocycles. The summed E-state index contributed by atoms with van der Waals surface area (Å²) < 4.78 is 10.0. The third-order valence-electron chi connectivity index (χ3n) is 1.74. The Balaban J connectivity index is 2.75. The van der Waals surface area contributed by atoms with Crippen molar-refractivity contribution >= 4 is 11.0 Å². The molecule has 0 saturated carbocycles. The molecule has 0 radical (unpaired) electrons. The molecule has 0 aliphatic rings. The normalized spacial score (nSPS) is 10.4. The highest BCUT2D eigenvalue weighted by Crippen LogP contribution is 2.30. The van der Waals surface area contributed by atoms with Gasteiger partial charge < -0.3 is 14.3 Å². The fourth-order valence-corrected chi connectivity index (χ4v) is 1.15. The van der Waals surface area contributed by atoms with E-state index in [-0.39, 0.29) is 5.75 Å². The molecule has 2 rings (SSSR count). The lowest BCUT2D eigenvalue weighted by molar-refractivity contribution is 0.407. The molecule has 1 N–H and O–H groups in total. The Hall–Kier alpha value is -1.64. The molecule has 12 heavy (non-hydrogen) atoms. The standard InChI is InChI=1S/C9H8O3/c1-11-7-4-6-2-3-12-9(6)8(10)5-7/h2-5,10H,1H3. The quantitative estimate of drug-likeness (QED) is 0.702. The number of fused-ring (bicyclic) bond motifs is 1. The van der Waals surface area contributed by atoms with Crippen LogP contribution in [0.4, 0.5) is 0 Å². The number of hydrogen-bond donors (Lipinski definition) is 1. The molecule has 0 aliphatic heterocycles. The zero-order valence-electron chi connectivity index (χ0n) is 6.57. The number of phenols is 1. The van der Waals surface area contributed by atoms with Gasteiger partial charge in [0.15, 0.2) is 11.3 Å². The first-order chi connectivity index (χ1) is 5.81. The van der Waals surface area contributed by atoms with Crippen molar-refractivity contribution in [2.45, 2.75) is 0 Å². The molecule has 0 saturated heterocycles. The van der Waals surface area contributed by atoms with Crippen molar-refractivity contribution in [1.29, 1.82) is 0 Å². The molecule has 0 spiro atoms. The minimum absolute atomic E-state index is 0.106. The van der Waals surface area contributed by atoms with Gasteiger partial charge >= 0.3 is 0 Å². The number of methoxy groups -OCH3 is 1. The van der Waals surface area contributed by atoms with Crippen LogP contribution in [0.3, 0.4) is 0 Å². The lowest BCUT2D eigenvalue weighted by Gasteiger charge is -1.99. The van der Waals surface area contributed by atoms with Crippen LogP contribution >= 0.6 is 0 Å². The van der Waals surface area contributed by atoms with Gasteiger partial charge in [0, 0.05) is 11.5 Å². The number of phenolic OH excluding ortho intramolecular Hbond substituents is 1. The minimum Gasteiger partial charge on any atom is -0.504 e. The van der Waals surface area contributed by atoms with Crippen LogP contribution in [0, 0.1) is 0 Å². The van der Waals surface area contributed by atoms with E-state index < -0.39 is 0 Å². The number of aromatic hydroxyl groups is 1. The minimum atomic E-state index is 0.106. The molecule has 0 bridgehead atoms. The molecule has 0 atom stereocenters. The van der Waals surface area contributed by atoms with Gasteiger partial charge in [0.1, 0.15) is 5.75 Å². The van der Waals surface area contributed by atoms with E-state index in [1.165, 1.54) is 12.3 Å². The molecule has 3 nitrogen and oxygen atoms in total. The molecular formula is C9H8O3. The molecule has 1 heterocycles. The number of benzene rings is 1. The van der Waals surface area contributed by atoms with Gasteiger partial charge in [-0.1, -0.05) is 0 Å². The van der Waals surface area contributed by atoms with Crippen LogP contribution in [-0.4, -0.2) is 12.2 Å². The summed E-state index contributed by atoms with van der Waals surface area (Å²) >= 11 is 0. The molecule has 0 aliphatic carbocycles. The second kappa shape index (κ2) is 2.44. The SMILES string of the molecule is COc1cc(O)c2occc2c1. The van der Waals surface area contributed by atoms with Gasteiger partial charge in [-0.25, -0.2) is 0 Å². The van der Waals surface area contributed by atoms with Gasteiger partial charge in [-0.3, -0.25) is 0 Å². The Morgan fingerprint density at radius 3 is 3.00 bits per heavy atom. The summed E-state index contributed by atoms with van der Waals surface area (Å²) in [5.41, 5.74) is 0.496. The van der Waals surface area contributed by atoms with E-state index >= 15 is 0 Å². The van der Waals surface area contributed by atoms with Crippen LogP contribution in [0.5, 0.6) is 11.5 Å². The van der Waals surface area contributed by atoms with E-state index in [1.54, 1.807) is 19.2 Å². The van der Waals surface area contributed by atoms with E-state index in [4.69, 9.17) is 9.15 Å². The Labute approximate surface area is 69.2 Å². The van der Waals surface area contributed by atoms with E-state index in [0.29, 0.717) is 11.3 Å². The van der Waals surface area contributed by atoms with E-state index in [2.05, 4.69) is 0 Å². The maximum atomic E-state index is 9.40. The first kappa shape index (κ1) is 7.03. The van der Waals surface area contributed by atoms with Crippen LogP contribution in [0.2, 0.25) is 0 Å². The fourth-order valence-electron chi connectivity index (χ4n) is 1.15. The average molecular weight is 164 g/mol. The lowest BCUT2D eigenvalue weighted by atomic mass is 10.2. The summed E-state index contributed by atoms with van der Waals surface area (Å²) in [6.45, 7) is 0. The van der Waals surface area contributed by atoms with E-state index in [9.17, 15) is 5.11 Å². The first-order valence-corrected chi connectivity index (χ1v) is 3.55. The average Bonchev–Trinajstić information content (AvgIpc) is 2.52. The maximum Gasteiger partial charge on any atom is 0.175 e. The highest BCUT2D eigenvalue weighted by atomic mass is 16.5. The number of hydrogen-bond acceptors (Lipinski definition) is 3. The van der Waals surface area contributed by atoms with Gasteiger partial charge in [-0.05, 0) is 12.1 Å². The summed E-state index contributed by atoms with van der Waals surface area (Å²) in [4.78, 5) is 0. The number of rotatable bonds is 1. The largest absolute Gasteiger partial charge is 0.504 e. The van der Waals surface area contributed by atoms with Crippen molar-refractivity contribution in [2.24, 2.45) is 0 Å². The third-order valence-corrected chi connectivity index (χ3v) is 1.74. The van der Waals surface area contributed by atoms with Crippen LogP contribution in [0.25, 0.3) is 11.0 Å². The van der Waals surface area contributed by atoms with Gasteiger partial charge in [0.2, 0.25) is 0 Å². The highest BCUT2D eigenvalue weighted by Gasteiger charge is 2.04. The number of ether oxygens (including phenoxy) is 1. The molecule has 0 unspecified atom stereocenters. The zero-order valence-corrected chi connectivity index (χ0v) is 6.57. The van der Waals surface area contributed by atoms with Crippen LogP contribution < -0.4 is 4.74 Å². The van der Waals surface area contributed by atoms with Crippen LogP contribution in [-0.2, 0) is 0 Å². The van der Waals surface area contributed by atoms with Gasteiger partial charge in [0.05, 0.1) is 13.4 Å². The second-order valence-electron chi connectivity index (χ2n) is 2.49. The van der Waals surface area contributed by atoms with Crippen molar-refractivity contribution in [3.05, 3.63) is 24.5 Å². The summed E-state index contributed by atoms with van der Waals surface area (Å²) in [5, 5.41) is 10.2. The van der Waals surface area contributed by atoms with E-state index in [1.807, 2.05) is 0 Å². The third kappa shape index (κ3) is 0.906. The van der Waals surface area contributed by atoms with Crippen LogP contribution in [0.1, 0.15) is 0 Å². The molecule has 1 aromatic heterocycles. The predicted molar refractivity (Wildman–Crippen MR) is 44.4 cm³/mol. The van der Waals surface area contributed by atoms with E-state index in [0.717, 1.165) is 5.39 Å². The Morgan fingerprint density at radius 1 is 1.42 bits per heavy atom. The summed E-state index contributed by atoms with van der Waals surface area (Å²) in [6, 6.07) is 5.10. The predicted octanol–water partition coefficient (Wildman–Crippen LogP) is 2.15. The topological polar surface area (TPSA) is 42.6 Å². The van der Waals surface area contributed by atoms with Crippen molar-refractivity contribution in [3.63, 3.8) is 0 Å². The summed E-state index contributed by atoms with van der Waals surface area (Å²) in [7, 11) is 1.56. The highest BCUT2D eigenvalue weighted by molar-refractivity contribution is 5.84. The second-order valence-corrected chi connectivity index (χ2v) is 2.49. The molecule has 3 heteroatoms. The molecule has 62 valence electrons. The molecule has 2 aromatic rings. The van der Waals surface area contributed by atoms with Crippen molar-refractivity contribution in [3.8, 4) is 11.5 Å². The fraction of sp³-hybridized carbons (Fsp3) is 0.111. The lowest BCUT2D eigenvalue weighted by Crippen LogP contribution is -1.81. The smallest absolute Gasteiger partial charge is 0.175 e. The van der Waals surface area contributed by atoms with Crippen molar-refractivity contribution in [1.82, 2.24) is 0 Å². The van der Waals surface area contributed by atoms with Gasteiger partial charge in [-0.2, -0.15) is 0 Å².